The highest BCUT2D eigenvalue weighted by atomic mass is 16.5. The Bertz CT molecular complexity index is 404. The Morgan fingerprint density at radius 3 is 2.67 bits per heavy atom. The van der Waals surface area contributed by atoms with Crippen molar-refractivity contribution >= 4 is 0 Å². The van der Waals surface area contributed by atoms with E-state index in [0.29, 0.717) is 0 Å². The molecule has 1 aliphatic heterocycles. The average molecular weight is 249 g/mol. The second-order valence-electron chi connectivity index (χ2n) is 4.96. The number of fused-ring (bicyclic) bond motifs is 1. The van der Waals surface area contributed by atoms with Crippen molar-refractivity contribution in [2.75, 3.05) is 19.7 Å². The fraction of sp³-hybridized carbons (Fsp3) is 0.600. The summed E-state index contributed by atoms with van der Waals surface area (Å²) in [6, 6.07) is 4.16. The molecule has 0 radical (unpaired) electrons. The van der Waals surface area contributed by atoms with Gasteiger partial charge in [0.25, 0.3) is 0 Å². The normalized spacial score (nSPS) is 18.5. The number of ether oxygens (including phenoxy) is 2. The molecule has 3 nitrogen and oxygen atoms in total. The second-order valence-corrected chi connectivity index (χ2v) is 4.96. The number of hydrogen-bond acceptors (Lipinski definition) is 3. The summed E-state index contributed by atoms with van der Waals surface area (Å²) in [6.45, 7) is 9.04. The lowest BCUT2D eigenvalue weighted by molar-refractivity contribution is 0.188. The van der Waals surface area contributed by atoms with Crippen molar-refractivity contribution in [3.05, 3.63) is 23.3 Å². The van der Waals surface area contributed by atoms with Crippen LogP contribution in [0.4, 0.5) is 0 Å². The minimum Gasteiger partial charge on any atom is -0.490 e. The Morgan fingerprint density at radius 2 is 1.94 bits per heavy atom. The first-order valence-corrected chi connectivity index (χ1v) is 6.82. The molecule has 1 aromatic rings. The molecule has 0 aromatic heterocycles. The van der Waals surface area contributed by atoms with Gasteiger partial charge < -0.3 is 14.8 Å². The molecule has 0 saturated carbocycles. The van der Waals surface area contributed by atoms with E-state index in [4.69, 9.17) is 9.47 Å². The Labute approximate surface area is 109 Å². The molecule has 0 amide bonds. The van der Waals surface area contributed by atoms with Crippen molar-refractivity contribution in [2.24, 2.45) is 0 Å². The molecule has 0 bridgehead atoms. The third-order valence-corrected chi connectivity index (χ3v) is 3.35. The van der Waals surface area contributed by atoms with Crippen molar-refractivity contribution in [1.82, 2.24) is 5.32 Å². The quantitative estimate of drug-likeness (QED) is 0.832. The minimum absolute atomic E-state index is 0.208. The molecular formula is C15H23NO2. The van der Waals surface area contributed by atoms with Crippen LogP contribution < -0.4 is 14.8 Å². The standard InChI is InChI=1S/C15H23NO2/c1-4-6-16-10-13-5-7-17-14-8-11(2)12(3)9-15(14)18-13/h8-9,13,16H,4-7,10H2,1-3H3. The lowest BCUT2D eigenvalue weighted by Gasteiger charge is -2.17. The minimum atomic E-state index is 0.208. The summed E-state index contributed by atoms with van der Waals surface area (Å²) in [4.78, 5) is 0. The molecular weight excluding hydrogens is 226 g/mol. The van der Waals surface area contributed by atoms with Gasteiger partial charge in [0.1, 0.15) is 6.10 Å². The molecule has 1 aliphatic rings. The molecule has 0 aliphatic carbocycles. The van der Waals surface area contributed by atoms with Crippen LogP contribution in [0.1, 0.15) is 30.9 Å². The number of benzene rings is 1. The predicted molar refractivity (Wildman–Crippen MR) is 73.6 cm³/mol. The van der Waals surface area contributed by atoms with Crippen LogP contribution in [0, 0.1) is 13.8 Å². The molecule has 1 N–H and O–H groups in total. The summed E-state index contributed by atoms with van der Waals surface area (Å²) < 4.78 is 11.8. The maximum atomic E-state index is 6.05. The molecule has 3 heteroatoms. The van der Waals surface area contributed by atoms with Gasteiger partial charge in [-0.3, -0.25) is 0 Å². The molecule has 18 heavy (non-hydrogen) atoms. The van der Waals surface area contributed by atoms with Crippen molar-refractivity contribution < 1.29 is 9.47 Å². The first-order valence-electron chi connectivity index (χ1n) is 6.82. The van der Waals surface area contributed by atoms with Gasteiger partial charge in [-0.25, -0.2) is 0 Å². The fourth-order valence-electron chi connectivity index (χ4n) is 2.09. The van der Waals surface area contributed by atoms with Crippen LogP contribution in [0.2, 0.25) is 0 Å². The highest BCUT2D eigenvalue weighted by molar-refractivity contribution is 5.47. The average Bonchev–Trinajstić information content (AvgIpc) is 2.52. The van der Waals surface area contributed by atoms with Crippen LogP contribution >= 0.6 is 0 Å². The van der Waals surface area contributed by atoms with Crippen LogP contribution in [0.5, 0.6) is 11.5 Å². The van der Waals surface area contributed by atoms with E-state index in [2.05, 4.69) is 38.2 Å². The lowest BCUT2D eigenvalue weighted by atomic mass is 10.1. The number of aryl methyl sites for hydroxylation is 2. The second kappa shape index (κ2) is 6.10. The van der Waals surface area contributed by atoms with Crippen molar-refractivity contribution in [3.63, 3.8) is 0 Å². The molecule has 1 heterocycles. The molecule has 1 unspecified atom stereocenters. The van der Waals surface area contributed by atoms with Gasteiger partial charge >= 0.3 is 0 Å². The summed E-state index contributed by atoms with van der Waals surface area (Å²) in [5.41, 5.74) is 2.50. The van der Waals surface area contributed by atoms with E-state index in [9.17, 15) is 0 Å². The van der Waals surface area contributed by atoms with Crippen LogP contribution in [-0.2, 0) is 0 Å². The molecule has 0 spiro atoms. The van der Waals surface area contributed by atoms with Crippen molar-refractivity contribution in [2.45, 2.75) is 39.7 Å². The van der Waals surface area contributed by atoms with E-state index in [1.807, 2.05) is 0 Å². The van der Waals surface area contributed by atoms with Crippen molar-refractivity contribution in [1.29, 1.82) is 0 Å². The number of hydrogen-bond donors (Lipinski definition) is 1. The van der Waals surface area contributed by atoms with Gasteiger partial charge in [0.15, 0.2) is 11.5 Å². The SMILES string of the molecule is CCCNCC1CCOc2cc(C)c(C)cc2O1. The Balaban J connectivity index is 2.06. The van der Waals surface area contributed by atoms with Gasteiger partial charge in [-0.1, -0.05) is 6.92 Å². The topological polar surface area (TPSA) is 30.5 Å². The van der Waals surface area contributed by atoms with Gasteiger partial charge in [0.05, 0.1) is 6.61 Å². The summed E-state index contributed by atoms with van der Waals surface area (Å²) in [5.74, 6) is 1.77. The Kier molecular flexibility index (Phi) is 4.48. The zero-order chi connectivity index (χ0) is 13.0. The molecule has 1 aromatic carbocycles. The monoisotopic (exact) mass is 249 g/mol. The predicted octanol–water partition coefficient (Wildman–Crippen LogP) is 2.83. The zero-order valence-electron chi connectivity index (χ0n) is 11.6. The van der Waals surface area contributed by atoms with Crippen molar-refractivity contribution in [3.8, 4) is 11.5 Å². The Hall–Kier alpha value is -1.22. The summed E-state index contributed by atoms with van der Waals surface area (Å²) >= 11 is 0. The van der Waals surface area contributed by atoms with Gasteiger partial charge in [0.2, 0.25) is 0 Å². The number of nitrogens with one attached hydrogen (secondary N) is 1. The molecule has 0 saturated heterocycles. The van der Waals surface area contributed by atoms with Gasteiger partial charge in [-0.15, -0.1) is 0 Å². The third-order valence-electron chi connectivity index (χ3n) is 3.35. The van der Waals surface area contributed by atoms with E-state index in [1.54, 1.807) is 0 Å². The summed E-state index contributed by atoms with van der Waals surface area (Å²) in [5, 5.41) is 3.41. The maximum Gasteiger partial charge on any atom is 0.161 e. The van der Waals surface area contributed by atoms with Gasteiger partial charge in [-0.2, -0.15) is 0 Å². The number of rotatable bonds is 4. The van der Waals surface area contributed by atoms with E-state index < -0.39 is 0 Å². The van der Waals surface area contributed by atoms with Crippen LogP contribution in [-0.4, -0.2) is 25.8 Å². The highest BCUT2D eigenvalue weighted by Crippen LogP contribution is 2.33. The largest absolute Gasteiger partial charge is 0.490 e. The van der Waals surface area contributed by atoms with Crippen LogP contribution in [0.3, 0.4) is 0 Å². The zero-order valence-corrected chi connectivity index (χ0v) is 11.6. The third kappa shape index (κ3) is 3.16. The first kappa shape index (κ1) is 13.2. The summed E-state index contributed by atoms with van der Waals surface area (Å²) in [7, 11) is 0. The van der Waals surface area contributed by atoms with E-state index >= 15 is 0 Å². The summed E-state index contributed by atoms with van der Waals surface area (Å²) in [6.07, 6.45) is 2.29. The van der Waals surface area contributed by atoms with Gasteiger partial charge in [-0.05, 0) is 50.1 Å². The fourth-order valence-corrected chi connectivity index (χ4v) is 2.09. The lowest BCUT2D eigenvalue weighted by Crippen LogP contribution is -2.32. The van der Waals surface area contributed by atoms with E-state index in [0.717, 1.165) is 44.0 Å². The Morgan fingerprint density at radius 1 is 1.22 bits per heavy atom. The molecule has 0 fully saturated rings. The molecule has 2 rings (SSSR count). The van der Waals surface area contributed by atoms with E-state index in [-0.39, 0.29) is 6.10 Å². The van der Waals surface area contributed by atoms with Crippen LogP contribution in [0.15, 0.2) is 12.1 Å². The smallest absolute Gasteiger partial charge is 0.161 e. The molecule has 1 atom stereocenters. The van der Waals surface area contributed by atoms with Gasteiger partial charge in [0, 0.05) is 13.0 Å². The first-order chi connectivity index (χ1) is 8.70. The highest BCUT2D eigenvalue weighted by Gasteiger charge is 2.19. The maximum absolute atomic E-state index is 6.05. The molecule has 100 valence electrons. The van der Waals surface area contributed by atoms with E-state index in [1.165, 1.54) is 11.1 Å². The van der Waals surface area contributed by atoms with Crippen LogP contribution in [0.25, 0.3) is 0 Å².